The van der Waals surface area contributed by atoms with Crippen molar-refractivity contribution in [1.82, 2.24) is 0 Å². The summed E-state index contributed by atoms with van der Waals surface area (Å²) in [4.78, 5) is 18.2. The van der Waals surface area contributed by atoms with Crippen LogP contribution in [0.3, 0.4) is 0 Å². The summed E-state index contributed by atoms with van der Waals surface area (Å²) in [5.41, 5.74) is -1.16. The molecule has 1 aliphatic rings. The van der Waals surface area contributed by atoms with Gasteiger partial charge in [-0.15, -0.1) is 12.6 Å². The molecule has 1 rings (SSSR count). The van der Waals surface area contributed by atoms with E-state index in [9.17, 15) is 4.79 Å². The van der Waals surface area contributed by atoms with Gasteiger partial charge in [0.1, 0.15) is 0 Å². The van der Waals surface area contributed by atoms with E-state index in [0.717, 1.165) is 0 Å². The van der Waals surface area contributed by atoms with Crippen LogP contribution in [-0.2, 0) is 4.79 Å². The van der Waals surface area contributed by atoms with Gasteiger partial charge in [-0.3, -0.25) is 0 Å². The first-order valence-electron chi connectivity index (χ1n) is 3.18. The number of aliphatic carboxylic acids is 1. The highest BCUT2D eigenvalue weighted by Gasteiger charge is 2.37. The zero-order valence-electron chi connectivity index (χ0n) is 5.98. The number of hydrogen-bond acceptors (Lipinski definition) is 3. The maximum Gasteiger partial charge on any atom is 0.337 e. The van der Waals surface area contributed by atoms with Gasteiger partial charge in [0, 0.05) is 6.21 Å². The average Bonchev–Trinajstić information content (AvgIpc) is 2.33. The lowest BCUT2D eigenvalue weighted by Crippen LogP contribution is -2.35. The summed E-state index contributed by atoms with van der Waals surface area (Å²) in [5.74, 6) is -0.979. The van der Waals surface area contributed by atoms with Crippen LogP contribution in [-0.4, -0.2) is 28.0 Å². The quantitative estimate of drug-likeness (QED) is 0.599. The van der Waals surface area contributed by atoms with Crippen molar-refractivity contribution in [1.29, 1.82) is 0 Å². The highest BCUT2D eigenvalue weighted by molar-refractivity contribution is 7.97. The van der Waals surface area contributed by atoms with Crippen LogP contribution in [0.4, 0.5) is 0 Å². The van der Waals surface area contributed by atoms with Crippen LogP contribution in [0.1, 0.15) is 13.3 Å². The predicted molar refractivity (Wildman–Crippen MR) is 45.6 cm³/mol. The van der Waals surface area contributed by atoms with Crippen molar-refractivity contribution >= 4 is 30.0 Å². The molecule has 0 aromatic rings. The molecule has 1 heterocycles. The number of thiol groups is 1. The minimum absolute atomic E-state index is 0.231. The van der Waals surface area contributed by atoms with Crippen LogP contribution < -0.4 is 0 Å². The molecule has 1 aliphatic heterocycles. The first kappa shape index (κ1) is 8.26. The van der Waals surface area contributed by atoms with Crippen molar-refractivity contribution in [2.24, 2.45) is 9.98 Å². The minimum Gasteiger partial charge on any atom is -0.479 e. The van der Waals surface area contributed by atoms with Gasteiger partial charge >= 0.3 is 5.97 Å². The molecule has 0 spiro atoms. The molecule has 0 saturated heterocycles. The molecule has 11 heavy (non-hydrogen) atoms. The molecule has 0 bridgehead atoms. The molecule has 4 nitrogen and oxygen atoms in total. The Labute approximate surface area is 69.5 Å². The van der Waals surface area contributed by atoms with Gasteiger partial charge in [0.25, 0.3) is 0 Å². The summed E-state index contributed by atoms with van der Waals surface area (Å²) >= 11 is 3.84. The van der Waals surface area contributed by atoms with Gasteiger partial charge in [0.2, 0.25) is 0 Å². The van der Waals surface area contributed by atoms with Gasteiger partial charge in [-0.25, -0.2) is 14.8 Å². The first-order valence-corrected chi connectivity index (χ1v) is 3.63. The summed E-state index contributed by atoms with van der Waals surface area (Å²) in [7, 11) is 0. The van der Waals surface area contributed by atoms with E-state index in [-0.39, 0.29) is 5.17 Å². The lowest BCUT2D eigenvalue weighted by Gasteiger charge is -2.13. The SMILES string of the molecule is CCC1(C(=O)O)C=NC(S)=N1. The van der Waals surface area contributed by atoms with Crippen LogP contribution in [0.2, 0.25) is 0 Å². The lowest BCUT2D eigenvalue weighted by molar-refractivity contribution is -0.140. The fourth-order valence-electron chi connectivity index (χ4n) is 0.825. The van der Waals surface area contributed by atoms with Crippen molar-refractivity contribution in [3.63, 3.8) is 0 Å². The second-order valence-corrected chi connectivity index (χ2v) is 2.65. The van der Waals surface area contributed by atoms with Gasteiger partial charge < -0.3 is 5.11 Å². The zero-order chi connectivity index (χ0) is 8.48. The van der Waals surface area contributed by atoms with Crippen LogP contribution in [0, 0.1) is 0 Å². The Bertz CT molecular complexity index is 249. The normalized spacial score (nSPS) is 28.7. The number of nitrogens with zero attached hydrogens (tertiary/aromatic N) is 2. The van der Waals surface area contributed by atoms with E-state index in [1.54, 1.807) is 6.92 Å². The molecule has 0 aromatic carbocycles. The highest BCUT2D eigenvalue weighted by Crippen LogP contribution is 2.19. The third-order valence-electron chi connectivity index (χ3n) is 1.60. The van der Waals surface area contributed by atoms with Gasteiger partial charge in [0.15, 0.2) is 10.7 Å². The molecule has 1 atom stereocenters. The van der Waals surface area contributed by atoms with Crippen LogP contribution in [0.15, 0.2) is 9.98 Å². The Morgan fingerprint density at radius 2 is 2.55 bits per heavy atom. The lowest BCUT2D eigenvalue weighted by atomic mass is 10.0. The van der Waals surface area contributed by atoms with E-state index in [1.807, 2.05) is 0 Å². The summed E-state index contributed by atoms with van der Waals surface area (Å²) in [6.07, 6.45) is 1.72. The van der Waals surface area contributed by atoms with Gasteiger partial charge in [-0.1, -0.05) is 6.92 Å². The van der Waals surface area contributed by atoms with E-state index in [4.69, 9.17) is 5.11 Å². The number of hydrogen-bond donors (Lipinski definition) is 2. The molecule has 0 fully saturated rings. The predicted octanol–water partition coefficient (Wildman–Crippen LogP) is 0.590. The van der Waals surface area contributed by atoms with Crippen molar-refractivity contribution in [2.75, 3.05) is 0 Å². The Hall–Kier alpha value is -0.840. The highest BCUT2D eigenvalue weighted by atomic mass is 32.1. The molecular formula is C6H8N2O2S. The van der Waals surface area contributed by atoms with Gasteiger partial charge in [0.05, 0.1) is 0 Å². The maximum atomic E-state index is 10.7. The molecule has 0 aromatic heterocycles. The summed E-state index contributed by atoms with van der Waals surface area (Å²) in [6.45, 7) is 1.75. The molecule has 1 unspecified atom stereocenters. The Kier molecular flexibility index (Phi) is 1.99. The van der Waals surface area contributed by atoms with Crippen LogP contribution >= 0.6 is 12.6 Å². The van der Waals surface area contributed by atoms with E-state index in [0.29, 0.717) is 6.42 Å². The largest absolute Gasteiger partial charge is 0.479 e. The second kappa shape index (κ2) is 2.65. The van der Waals surface area contributed by atoms with Crippen LogP contribution in [0.25, 0.3) is 0 Å². The average molecular weight is 172 g/mol. The van der Waals surface area contributed by atoms with Crippen molar-refractivity contribution in [3.8, 4) is 0 Å². The number of carbonyl (C=O) groups is 1. The number of carboxylic acid groups (broad SMARTS) is 1. The fourth-order valence-corrected chi connectivity index (χ4v) is 1.06. The smallest absolute Gasteiger partial charge is 0.337 e. The second-order valence-electron chi connectivity index (χ2n) is 2.25. The van der Waals surface area contributed by atoms with E-state index in [2.05, 4.69) is 22.6 Å². The molecule has 0 aliphatic carbocycles. The standard InChI is InChI=1S/C6H8N2O2S/c1-2-6(4(9)10)3-7-5(11)8-6/h3H,2H2,1H3,(H,8,11)(H,9,10). The summed E-state index contributed by atoms with van der Waals surface area (Å²) in [5, 5.41) is 8.98. The Morgan fingerprint density at radius 1 is 1.91 bits per heavy atom. The van der Waals surface area contributed by atoms with Crippen molar-refractivity contribution < 1.29 is 9.90 Å². The van der Waals surface area contributed by atoms with Crippen molar-refractivity contribution in [2.45, 2.75) is 18.9 Å². The topological polar surface area (TPSA) is 62.0 Å². The monoisotopic (exact) mass is 172 g/mol. The number of rotatable bonds is 2. The van der Waals surface area contributed by atoms with E-state index in [1.165, 1.54) is 6.21 Å². The van der Waals surface area contributed by atoms with Crippen LogP contribution in [0.5, 0.6) is 0 Å². The molecule has 0 amide bonds. The number of amidine groups is 1. The zero-order valence-corrected chi connectivity index (χ0v) is 6.88. The first-order chi connectivity index (χ1) is 5.10. The summed E-state index contributed by atoms with van der Waals surface area (Å²) < 4.78 is 0. The summed E-state index contributed by atoms with van der Waals surface area (Å²) in [6, 6.07) is 0. The number of carboxylic acids is 1. The molecule has 0 saturated carbocycles. The minimum atomic E-state index is -1.16. The van der Waals surface area contributed by atoms with E-state index < -0.39 is 11.5 Å². The Balaban J connectivity index is 2.98. The molecule has 1 N–H and O–H groups in total. The van der Waals surface area contributed by atoms with Crippen molar-refractivity contribution in [3.05, 3.63) is 0 Å². The molecule has 0 radical (unpaired) electrons. The molecular weight excluding hydrogens is 164 g/mol. The third-order valence-corrected chi connectivity index (χ3v) is 1.82. The third kappa shape index (κ3) is 1.28. The number of aliphatic imine (C=N–C) groups is 2. The Morgan fingerprint density at radius 3 is 2.73 bits per heavy atom. The van der Waals surface area contributed by atoms with Gasteiger partial charge in [-0.2, -0.15) is 0 Å². The van der Waals surface area contributed by atoms with Gasteiger partial charge in [-0.05, 0) is 6.42 Å². The van der Waals surface area contributed by atoms with E-state index >= 15 is 0 Å². The molecule has 5 heteroatoms. The molecule has 60 valence electrons. The fraction of sp³-hybridized carbons (Fsp3) is 0.500. The maximum absolute atomic E-state index is 10.7.